The topological polar surface area (TPSA) is 25.8 Å². The molecule has 15 heavy (non-hydrogen) atoms. The lowest BCUT2D eigenvalue weighted by atomic mass is 10.3. The highest BCUT2D eigenvalue weighted by atomic mass is 79.9. The van der Waals surface area contributed by atoms with Crippen LogP contribution in [0.15, 0.2) is 52.4 Å². The van der Waals surface area contributed by atoms with E-state index in [-0.39, 0.29) is 0 Å². The first-order chi connectivity index (χ1) is 7.34. The maximum atomic E-state index is 4.25. The Kier molecular flexibility index (Phi) is 3.75. The van der Waals surface area contributed by atoms with Crippen molar-refractivity contribution in [3.63, 3.8) is 0 Å². The fourth-order valence-electron chi connectivity index (χ4n) is 1.12. The van der Waals surface area contributed by atoms with Crippen LogP contribution in [0.25, 0.3) is 0 Å². The molecule has 0 amide bonds. The van der Waals surface area contributed by atoms with Gasteiger partial charge in [0.05, 0.1) is 5.03 Å². The highest BCUT2D eigenvalue weighted by molar-refractivity contribution is 9.10. The van der Waals surface area contributed by atoms with Crippen molar-refractivity contribution in [2.45, 2.75) is 10.8 Å². The molecule has 0 aromatic carbocycles. The molecule has 0 saturated carbocycles. The zero-order valence-electron chi connectivity index (χ0n) is 7.93. The molecule has 2 nitrogen and oxygen atoms in total. The highest BCUT2D eigenvalue weighted by Crippen LogP contribution is 2.21. The molecule has 0 aliphatic rings. The summed E-state index contributed by atoms with van der Waals surface area (Å²) >= 11 is 5.11. The lowest BCUT2D eigenvalue weighted by Gasteiger charge is -2.00. The van der Waals surface area contributed by atoms with E-state index >= 15 is 0 Å². The van der Waals surface area contributed by atoms with Gasteiger partial charge in [-0.15, -0.1) is 11.8 Å². The number of thioether (sulfide) groups is 1. The van der Waals surface area contributed by atoms with Gasteiger partial charge >= 0.3 is 0 Å². The minimum atomic E-state index is 0.892. The van der Waals surface area contributed by atoms with E-state index in [0.29, 0.717) is 0 Å². The Balaban J connectivity index is 1.99. The minimum absolute atomic E-state index is 0.892. The monoisotopic (exact) mass is 280 g/mol. The first kappa shape index (κ1) is 10.6. The molecule has 0 aliphatic carbocycles. The van der Waals surface area contributed by atoms with Crippen LogP contribution < -0.4 is 0 Å². The second-order valence-corrected chi connectivity index (χ2v) is 4.88. The molecule has 0 spiro atoms. The quantitative estimate of drug-likeness (QED) is 0.805. The highest BCUT2D eigenvalue weighted by Gasteiger charge is 1.97. The van der Waals surface area contributed by atoms with Crippen LogP contribution in [0.5, 0.6) is 0 Å². The third-order valence-electron chi connectivity index (χ3n) is 1.79. The molecular formula is C11H9BrN2S. The lowest BCUT2D eigenvalue weighted by Crippen LogP contribution is -1.84. The van der Waals surface area contributed by atoms with Gasteiger partial charge in [0.1, 0.15) is 0 Å². The van der Waals surface area contributed by atoms with Gasteiger partial charge in [0.2, 0.25) is 0 Å². The zero-order valence-corrected chi connectivity index (χ0v) is 10.3. The van der Waals surface area contributed by atoms with Crippen LogP contribution in [0, 0.1) is 0 Å². The molecule has 2 aromatic rings. The first-order valence-electron chi connectivity index (χ1n) is 4.48. The summed E-state index contributed by atoms with van der Waals surface area (Å²) in [7, 11) is 0. The fourth-order valence-corrected chi connectivity index (χ4v) is 2.32. The van der Waals surface area contributed by atoms with Gasteiger partial charge < -0.3 is 0 Å². The number of pyridine rings is 2. The Morgan fingerprint density at radius 3 is 2.93 bits per heavy atom. The summed E-state index contributed by atoms with van der Waals surface area (Å²) in [5.74, 6) is 0.892. The predicted molar refractivity (Wildman–Crippen MR) is 65.7 cm³/mol. The van der Waals surface area contributed by atoms with Gasteiger partial charge in [0, 0.05) is 28.8 Å². The van der Waals surface area contributed by atoms with E-state index < -0.39 is 0 Å². The van der Waals surface area contributed by atoms with Gasteiger partial charge in [-0.3, -0.25) is 4.98 Å². The molecule has 76 valence electrons. The average Bonchev–Trinajstić information content (AvgIpc) is 2.28. The molecule has 0 unspecified atom stereocenters. The molecule has 0 bridgehead atoms. The minimum Gasteiger partial charge on any atom is -0.263 e. The normalized spacial score (nSPS) is 10.2. The van der Waals surface area contributed by atoms with Crippen molar-refractivity contribution in [1.29, 1.82) is 0 Å². The number of aromatic nitrogens is 2. The number of nitrogens with zero attached hydrogens (tertiary/aromatic N) is 2. The number of hydrogen-bond donors (Lipinski definition) is 0. The van der Waals surface area contributed by atoms with Gasteiger partial charge in [0.15, 0.2) is 0 Å². The smallest absolute Gasteiger partial charge is 0.0963 e. The van der Waals surface area contributed by atoms with Crippen LogP contribution in [-0.4, -0.2) is 9.97 Å². The van der Waals surface area contributed by atoms with Crippen molar-refractivity contribution in [1.82, 2.24) is 9.97 Å². The Bertz CT molecular complexity index is 434. The van der Waals surface area contributed by atoms with E-state index in [4.69, 9.17) is 0 Å². The molecule has 0 N–H and O–H groups in total. The second kappa shape index (κ2) is 5.28. The van der Waals surface area contributed by atoms with Crippen LogP contribution >= 0.6 is 27.7 Å². The summed E-state index contributed by atoms with van der Waals surface area (Å²) in [6.07, 6.45) is 5.47. The Morgan fingerprint density at radius 2 is 2.20 bits per heavy atom. The van der Waals surface area contributed by atoms with E-state index in [1.807, 2.05) is 30.6 Å². The summed E-state index contributed by atoms with van der Waals surface area (Å²) in [6.45, 7) is 0. The molecule has 2 rings (SSSR count). The molecular weight excluding hydrogens is 272 g/mol. The second-order valence-electron chi connectivity index (χ2n) is 2.97. The van der Waals surface area contributed by atoms with Gasteiger partial charge in [-0.05, 0) is 39.7 Å². The Hall–Kier alpha value is -0.870. The van der Waals surface area contributed by atoms with Crippen molar-refractivity contribution in [2.24, 2.45) is 0 Å². The van der Waals surface area contributed by atoms with Gasteiger partial charge in [-0.2, -0.15) is 0 Å². The maximum absolute atomic E-state index is 4.25. The summed E-state index contributed by atoms with van der Waals surface area (Å²) in [5.41, 5.74) is 1.19. The Morgan fingerprint density at radius 1 is 1.27 bits per heavy atom. The molecule has 0 fully saturated rings. The van der Waals surface area contributed by atoms with E-state index in [1.54, 1.807) is 18.0 Å². The molecule has 0 atom stereocenters. The summed E-state index contributed by atoms with van der Waals surface area (Å²) in [5, 5.41) is 1.04. The summed E-state index contributed by atoms with van der Waals surface area (Å²) in [6, 6.07) is 8.00. The first-order valence-corrected chi connectivity index (χ1v) is 6.26. The zero-order chi connectivity index (χ0) is 10.5. The van der Waals surface area contributed by atoms with Gasteiger partial charge in [-0.25, -0.2) is 4.98 Å². The largest absolute Gasteiger partial charge is 0.263 e. The predicted octanol–water partition coefficient (Wildman–Crippen LogP) is 3.53. The standard InChI is InChI=1S/C11H9BrN2S/c12-10-5-9(6-13-7-10)8-15-11-3-1-2-4-14-11/h1-7H,8H2. The van der Waals surface area contributed by atoms with Crippen molar-refractivity contribution in [3.8, 4) is 0 Å². The van der Waals surface area contributed by atoms with Crippen molar-refractivity contribution < 1.29 is 0 Å². The molecule has 0 aliphatic heterocycles. The van der Waals surface area contributed by atoms with E-state index in [1.165, 1.54) is 5.56 Å². The van der Waals surface area contributed by atoms with E-state index in [9.17, 15) is 0 Å². The summed E-state index contributed by atoms with van der Waals surface area (Å²) < 4.78 is 1.02. The van der Waals surface area contributed by atoms with Crippen LogP contribution in [0.2, 0.25) is 0 Å². The van der Waals surface area contributed by atoms with E-state index in [0.717, 1.165) is 15.3 Å². The van der Waals surface area contributed by atoms with Crippen molar-refractivity contribution in [2.75, 3.05) is 0 Å². The van der Waals surface area contributed by atoms with Gasteiger partial charge in [-0.1, -0.05) is 6.07 Å². The van der Waals surface area contributed by atoms with Crippen molar-refractivity contribution >= 4 is 27.7 Å². The average molecular weight is 281 g/mol. The third kappa shape index (κ3) is 3.32. The number of hydrogen-bond acceptors (Lipinski definition) is 3. The molecule has 2 heterocycles. The lowest BCUT2D eigenvalue weighted by molar-refractivity contribution is 1.13. The SMILES string of the molecule is Brc1cncc(CSc2ccccn2)c1. The Labute approximate surface area is 101 Å². The molecule has 2 aromatic heterocycles. The number of rotatable bonds is 3. The van der Waals surface area contributed by atoms with Crippen molar-refractivity contribution in [3.05, 3.63) is 52.9 Å². The van der Waals surface area contributed by atoms with Crippen LogP contribution in [0.3, 0.4) is 0 Å². The maximum Gasteiger partial charge on any atom is 0.0963 e. The van der Waals surface area contributed by atoms with Crippen LogP contribution in [0.4, 0.5) is 0 Å². The molecule has 0 radical (unpaired) electrons. The number of halogens is 1. The van der Waals surface area contributed by atoms with Crippen LogP contribution in [-0.2, 0) is 5.75 Å². The fraction of sp³-hybridized carbons (Fsp3) is 0.0909. The molecule has 4 heteroatoms. The third-order valence-corrected chi connectivity index (χ3v) is 3.23. The van der Waals surface area contributed by atoms with Crippen LogP contribution in [0.1, 0.15) is 5.56 Å². The molecule has 0 saturated heterocycles. The summed E-state index contributed by atoms with van der Waals surface area (Å²) in [4.78, 5) is 8.36. The van der Waals surface area contributed by atoms with Gasteiger partial charge in [0.25, 0.3) is 0 Å². The van der Waals surface area contributed by atoms with E-state index in [2.05, 4.69) is 32.0 Å².